The highest BCUT2D eigenvalue weighted by molar-refractivity contribution is 4.86. The first kappa shape index (κ1) is 15.9. The van der Waals surface area contributed by atoms with E-state index >= 15 is 0 Å². The largest absolute Gasteiger partial charge is 0.395 e. The standard InChI is InChI=1S/C14H30N2O2/c1-4-14(5-2,11-15-6-3)12-16-7-8-18-10-13(16)9-17/h13,15,17H,4-12H2,1-3H3. The van der Waals surface area contributed by atoms with Gasteiger partial charge in [-0.05, 0) is 24.8 Å². The minimum atomic E-state index is 0.179. The summed E-state index contributed by atoms with van der Waals surface area (Å²) >= 11 is 0. The van der Waals surface area contributed by atoms with Gasteiger partial charge in [-0.1, -0.05) is 20.8 Å². The lowest BCUT2D eigenvalue weighted by Gasteiger charge is -2.42. The lowest BCUT2D eigenvalue weighted by molar-refractivity contribution is -0.0457. The fraction of sp³-hybridized carbons (Fsp3) is 1.00. The quantitative estimate of drug-likeness (QED) is 0.684. The summed E-state index contributed by atoms with van der Waals surface area (Å²) in [5, 5.41) is 12.9. The van der Waals surface area contributed by atoms with Crippen molar-refractivity contribution >= 4 is 0 Å². The lowest BCUT2D eigenvalue weighted by Crippen LogP contribution is -2.53. The number of aliphatic hydroxyl groups is 1. The highest BCUT2D eigenvalue weighted by atomic mass is 16.5. The number of ether oxygens (including phenoxy) is 1. The van der Waals surface area contributed by atoms with Gasteiger partial charge < -0.3 is 15.2 Å². The predicted octanol–water partition coefficient (Wildman–Crippen LogP) is 1.10. The molecule has 108 valence electrons. The van der Waals surface area contributed by atoms with Gasteiger partial charge in [0.05, 0.1) is 25.9 Å². The molecule has 1 saturated heterocycles. The van der Waals surface area contributed by atoms with Gasteiger partial charge in [0.1, 0.15) is 0 Å². The predicted molar refractivity (Wildman–Crippen MR) is 74.8 cm³/mol. The molecule has 0 aromatic carbocycles. The van der Waals surface area contributed by atoms with E-state index in [2.05, 4.69) is 31.0 Å². The highest BCUT2D eigenvalue weighted by Crippen LogP contribution is 2.28. The molecule has 0 amide bonds. The Kier molecular flexibility index (Phi) is 7.15. The summed E-state index contributed by atoms with van der Waals surface area (Å²) in [5.74, 6) is 0. The molecule has 0 aliphatic carbocycles. The fourth-order valence-electron chi connectivity index (χ4n) is 2.67. The van der Waals surface area contributed by atoms with Crippen molar-refractivity contribution in [1.29, 1.82) is 0 Å². The summed E-state index contributed by atoms with van der Waals surface area (Å²) in [4.78, 5) is 2.41. The zero-order valence-corrected chi connectivity index (χ0v) is 12.2. The Morgan fingerprint density at radius 1 is 1.33 bits per heavy atom. The zero-order chi connectivity index (χ0) is 13.4. The number of rotatable bonds is 8. The van der Waals surface area contributed by atoms with Gasteiger partial charge in [0.25, 0.3) is 0 Å². The van der Waals surface area contributed by atoms with Crippen molar-refractivity contribution in [1.82, 2.24) is 10.2 Å². The summed E-state index contributed by atoms with van der Waals surface area (Å²) in [6, 6.07) is 0.179. The number of hydrogen-bond acceptors (Lipinski definition) is 4. The Hall–Kier alpha value is -0.160. The first-order valence-electron chi connectivity index (χ1n) is 7.34. The molecule has 4 heteroatoms. The third-order valence-corrected chi connectivity index (χ3v) is 4.35. The van der Waals surface area contributed by atoms with Crippen LogP contribution in [-0.2, 0) is 4.74 Å². The number of aliphatic hydroxyl groups excluding tert-OH is 1. The molecule has 0 radical (unpaired) electrons. The molecule has 0 aromatic heterocycles. The van der Waals surface area contributed by atoms with Crippen molar-refractivity contribution in [3.05, 3.63) is 0 Å². The molecule has 0 aromatic rings. The normalized spacial score (nSPS) is 22.3. The third kappa shape index (κ3) is 4.19. The van der Waals surface area contributed by atoms with Crippen molar-refractivity contribution < 1.29 is 9.84 Å². The maximum absolute atomic E-state index is 9.44. The van der Waals surface area contributed by atoms with Crippen molar-refractivity contribution in [2.45, 2.75) is 39.7 Å². The van der Waals surface area contributed by atoms with Crippen LogP contribution in [0.2, 0.25) is 0 Å². The summed E-state index contributed by atoms with van der Waals surface area (Å²) in [6.07, 6.45) is 2.35. The van der Waals surface area contributed by atoms with Crippen molar-refractivity contribution in [2.24, 2.45) is 5.41 Å². The average Bonchev–Trinajstić information content (AvgIpc) is 2.44. The number of nitrogens with zero attached hydrogens (tertiary/aromatic N) is 1. The van der Waals surface area contributed by atoms with Gasteiger partial charge in [0.2, 0.25) is 0 Å². The molecule has 1 fully saturated rings. The second kappa shape index (κ2) is 8.10. The summed E-state index contributed by atoms with van der Waals surface area (Å²) in [6.45, 7) is 12.4. The number of hydrogen-bond donors (Lipinski definition) is 2. The maximum atomic E-state index is 9.44. The van der Waals surface area contributed by atoms with Crippen LogP contribution >= 0.6 is 0 Å². The number of morpholine rings is 1. The van der Waals surface area contributed by atoms with Gasteiger partial charge >= 0.3 is 0 Å². The first-order chi connectivity index (χ1) is 8.71. The van der Waals surface area contributed by atoms with Gasteiger partial charge in [-0.3, -0.25) is 4.90 Å². The van der Waals surface area contributed by atoms with Crippen molar-refractivity contribution in [2.75, 3.05) is 46.0 Å². The topological polar surface area (TPSA) is 44.7 Å². The van der Waals surface area contributed by atoms with Crippen LogP contribution in [0.15, 0.2) is 0 Å². The van der Waals surface area contributed by atoms with Gasteiger partial charge in [-0.2, -0.15) is 0 Å². The van der Waals surface area contributed by atoms with E-state index in [-0.39, 0.29) is 12.6 Å². The summed E-state index contributed by atoms with van der Waals surface area (Å²) in [7, 11) is 0. The molecule has 0 spiro atoms. The molecule has 1 unspecified atom stereocenters. The molecule has 0 bridgehead atoms. The Labute approximate surface area is 112 Å². The first-order valence-corrected chi connectivity index (χ1v) is 7.34. The van der Waals surface area contributed by atoms with E-state index in [0.29, 0.717) is 12.0 Å². The molecule has 18 heavy (non-hydrogen) atoms. The van der Waals surface area contributed by atoms with Gasteiger partial charge in [0, 0.05) is 19.6 Å². The molecule has 2 N–H and O–H groups in total. The fourth-order valence-corrected chi connectivity index (χ4v) is 2.67. The second-order valence-electron chi connectivity index (χ2n) is 5.37. The minimum Gasteiger partial charge on any atom is -0.395 e. The van der Waals surface area contributed by atoms with Gasteiger partial charge in [-0.25, -0.2) is 0 Å². The summed E-state index contributed by atoms with van der Waals surface area (Å²) in [5.41, 5.74) is 0.320. The average molecular weight is 258 g/mol. The van der Waals surface area contributed by atoms with E-state index < -0.39 is 0 Å². The van der Waals surface area contributed by atoms with Gasteiger partial charge in [0.15, 0.2) is 0 Å². The van der Waals surface area contributed by atoms with E-state index in [1.165, 1.54) is 12.8 Å². The van der Waals surface area contributed by atoms with E-state index in [9.17, 15) is 5.11 Å². The molecule has 0 saturated carbocycles. The Bertz CT molecular complexity index is 220. The molecule has 1 rings (SSSR count). The minimum absolute atomic E-state index is 0.179. The van der Waals surface area contributed by atoms with Crippen molar-refractivity contribution in [3.8, 4) is 0 Å². The molecule has 1 aliphatic heterocycles. The van der Waals surface area contributed by atoms with Gasteiger partial charge in [-0.15, -0.1) is 0 Å². The monoisotopic (exact) mass is 258 g/mol. The van der Waals surface area contributed by atoms with Crippen LogP contribution in [0.25, 0.3) is 0 Å². The van der Waals surface area contributed by atoms with Crippen LogP contribution in [0.3, 0.4) is 0 Å². The molecular weight excluding hydrogens is 228 g/mol. The van der Waals surface area contributed by atoms with Crippen LogP contribution < -0.4 is 5.32 Å². The van der Waals surface area contributed by atoms with Crippen LogP contribution in [0.4, 0.5) is 0 Å². The Balaban J connectivity index is 2.62. The Morgan fingerprint density at radius 2 is 2.06 bits per heavy atom. The van der Waals surface area contributed by atoms with Crippen LogP contribution in [0.5, 0.6) is 0 Å². The third-order valence-electron chi connectivity index (χ3n) is 4.35. The second-order valence-corrected chi connectivity index (χ2v) is 5.37. The van der Waals surface area contributed by atoms with E-state index in [1.54, 1.807) is 0 Å². The summed E-state index contributed by atoms with van der Waals surface area (Å²) < 4.78 is 5.45. The zero-order valence-electron chi connectivity index (χ0n) is 12.2. The smallest absolute Gasteiger partial charge is 0.0644 e. The molecule has 1 heterocycles. The highest BCUT2D eigenvalue weighted by Gasteiger charge is 2.32. The van der Waals surface area contributed by atoms with E-state index in [0.717, 1.165) is 32.8 Å². The molecular formula is C14H30N2O2. The maximum Gasteiger partial charge on any atom is 0.0644 e. The SMILES string of the molecule is CCNCC(CC)(CC)CN1CCOCC1CO. The molecule has 1 atom stereocenters. The Morgan fingerprint density at radius 3 is 2.61 bits per heavy atom. The molecule has 4 nitrogen and oxygen atoms in total. The van der Waals surface area contributed by atoms with E-state index in [1.807, 2.05) is 0 Å². The molecule has 1 aliphatic rings. The number of nitrogens with one attached hydrogen (secondary N) is 1. The lowest BCUT2D eigenvalue weighted by atomic mass is 9.81. The van der Waals surface area contributed by atoms with Crippen LogP contribution in [0.1, 0.15) is 33.6 Å². The van der Waals surface area contributed by atoms with E-state index in [4.69, 9.17) is 4.74 Å². The van der Waals surface area contributed by atoms with Crippen LogP contribution in [-0.4, -0.2) is 62.0 Å². The van der Waals surface area contributed by atoms with Crippen LogP contribution in [0, 0.1) is 5.41 Å². The van der Waals surface area contributed by atoms with Crippen molar-refractivity contribution in [3.63, 3.8) is 0 Å².